The van der Waals surface area contributed by atoms with Gasteiger partial charge in [0.1, 0.15) is 0 Å². The predicted octanol–water partition coefficient (Wildman–Crippen LogP) is 2.16. The normalized spacial score (nSPS) is 10.3. The summed E-state index contributed by atoms with van der Waals surface area (Å²) in [5, 5.41) is 6.05. The first-order chi connectivity index (χ1) is 9.25. The molecule has 0 bridgehead atoms. The third kappa shape index (κ3) is 3.54. The van der Waals surface area contributed by atoms with Gasteiger partial charge in [-0.3, -0.25) is 0 Å². The number of rotatable bonds is 6. The number of nitrogens with one attached hydrogen (secondary N) is 2. The average Bonchev–Trinajstić information content (AvgIpc) is 2.92. The Hall–Kier alpha value is -1.89. The Morgan fingerprint density at radius 3 is 2.53 bits per heavy atom. The van der Waals surface area contributed by atoms with Crippen molar-refractivity contribution in [2.45, 2.75) is 19.9 Å². The van der Waals surface area contributed by atoms with Crippen molar-refractivity contribution in [3.05, 3.63) is 21.9 Å². The van der Waals surface area contributed by atoms with Gasteiger partial charge in [0.05, 0.1) is 13.7 Å². The molecular formula is C12H17N5OS. The maximum atomic E-state index is 5.03. The van der Waals surface area contributed by atoms with Gasteiger partial charge in [-0.15, -0.1) is 11.3 Å². The fourth-order valence-electron chi connectivity index (χ4n) is 1.51. The lowest BCUT2D eigenvalue weighted by molar-refractivity contribution is 0.379. The van der Waals surface area contributed by atoms with Crippen LogP contribution in [-0.4, -0.2) is 29.1 Å². The highest BCUT2D eigenvalue weighted by atomic mass is 32.1. The monoisotopic (exact) mass is 279 g/mol. The molecule has 2 N–H and O–H groups in total. The van der Waals surface area contributed by atoms with Crippen LogP contribution in [0.1, 0.15) is 16.7 Å². The van der Waals surface area contributed by atoms with Crippen molar-refractivity contribution in [1.82, 2.24) is 15.0 Å². The first-order valence-corrected chi connectivity index (χ1v) is 6.86. The molecule has 102 valence electrons. The Labute approximate surface area is 116 Å². The summed E-state index contributed by atoms with van der Waals surface area (Å²) >= 11 is 1.79. The van der Waals surface area contributed by atoms with Crippen molar-refractivity contribution in [2.75, 3.05) is 24.8 Å². The van der Waals surface area contributed by atoms with Crippen LogP contribution in [0.2, 0.25) is 0 Å². The van der Waals surface area contributed by atoms with Gasteiger partial charge in [-0.05, 0) is 18.6 Å². The summed E-state index contributed by atoms with van der Waals surface area (Å²) in [6, 6.07) is 4.56. The van der Waals surface area contributed by atoms with Crippen LogP contribution in [0.3, 0.4) is 0 Å². The van der Waals surface area contributed by atoms with E-state index in [-0.39, 0.29) is 0 Å². The van der Waals surface area contributed by atoms with Crippen molar-refractivity contribution in [3.63, 3.8) is 0 Å². The third-order valence-electron chi connectivity index (χ3n) is 2.51. The van der Waals surface area contributed by atoms with Crippen LogP contribution >= 0.6 is 11.3 Å². The van der Waals surface area contributed by atoms with E-state index in [0.29, 0.717) is 24.5 Å². The second-order valence-corrected chi connectivity index (χ2v) is 5.05. The number of ether oxygens (including phenoxy) is 1. The minimum atomic E-state index is 0.294. The molecular weight excluding hydrogens is 262 g/mol. The van der Waals surface area contributed by atoms with Gasteiger partial charge >= 0.3 is 6.01 Å². The number of thiophene rings is 1. The highest BCUT2D eigenvalue weighted by Gasteiger charge is 2.06. The molecule has 7 heteroatoms. The van der Waals surface area contributed by atoms with Crippen LogP contribution in [-0.2, 0) is 13.0 Å². The molecule has 0 aliphatic carbocycles. The van der Waals surface area contributed by atoms with Crippen molar-refractivity contribution in [2.24, 2.45) is 0 Å². The number of methoxy groups -OCH3 is 1. The predicted molar refractivity (Wildman–Crippen MR) is 76.9 cm³/mol. The van der Waals surface area contributed by atoms with E-state index < -0.39 is 0 Å². The molecule has 6 nitrogen and oxygen atoms in total. The van der Waals surface area contributed by atoms with E-state index in [4.69, 9.17) is 4.74 Å². The lowest BCUT2D eigenvalue weighted by Gasteiger charge is -2.06. The quantitative estimate of drug-likeness (QED) is 0.844. The van der Waals surface area contributed by atoms with Crippen molar-refractivity contribution < 1.29 is 4.74 Å². The number of aromatic nitrogens is 3. The largest absolute Gasteiger partial charge is 0.467 e. The van der Waals surface area contributed by atoms with Crippen molar-refractivity contribution in [1.29, 1.82) is 0 Å². The zero-order chi connectivity index (χ0) is 13.7. The van der Waals surface area contributed by atoms with Gasteiger partial charge in [-0.1, -0.05) is 6.92 Å². The maximum Gasteiger partial charge on any atom is 0.322 e. The molecule has 0 aliphatic heterocycles. The van der Waals surface area contributed by atoms with Gasteiger partial charge < -0.3 is 15.4 Å². The van der Waals surface area contributed by atoms with Gasteiger partial charge in [-0.25, -0.2) is 0 Å². The number of nitrogens with zero attached hydrogens (tertiary/aromatic N) is 3. The lowest BCUT2D eigenvalue weighted by atomic mass is 10.4. The van der Waals surface area contributed by atoms with Gasteiger partial charge in [-0.2, -0.15) is 15.0 Å². The van der Waals surface area contributed by atoms with E-state index in [1.54, 1.807) is 18.4 Å². The molecule has 0 aliphatic rings. The molecule has 0 aromatic carbocycles. The topological polar surface area (TPSA) is 72.0 Å². The van der Waals surface area contributed by atoms with Crippen LogP contribution in [0.25, 0.3) is 0 Å². The highest BCUT2D eigenvalue weighted by Crippen LogP contribution is 2.18. The number of hydrogen-bond acceptors (Lipinski definition) is 7. The van der Waals surface area contributed by atoms with E-state index in [1.807, 2.05) is 0 Å². The average molecular weight is 279 g/mol. The number of aryl methyl sites for hydroxylation is 1. The summed E-state index contributed by atoms with van der Waals surface area (Å²) in [6.45, 7) is 2.85. The van der Waals surface area contributed by atoms with E-state index in [1.165, 1.54) is 16.9 Å². The summed E-state index contributed by atoms with van der Waals surface area (Å²) in [5.74, 6) is 0.984. The maximum absolute atomic E-state index is 5.03. The second kappa shape index (κ2) is 6.33. The van der Waals surface area contributed by atoms with Crippen molar-refractivity contribution >= 4 is 23.2 Å². The van der Waals surface area contributed by atoms with E-state index in [0.717, 1.165) is 6.42 Å². The lowest BCUT2D eigenvalue weighted by Crippen LogP contribution is -2.07. The molecule has 0 atom stereocenters. The number of anilines is 2. The zero-order valence-electron chi connectivity index (χ0n) is 11.2. The van der Waals surface area contributed by atoms with Gasteiger partial charge in [0, 0.05) is 16.8 Å². The van der Waals surface area contributed by atoms with Crippen LogP contribution in [0.5, 0.6) is 6.01 Å². The number of hydrogen-bond donors (Lipinski definition) is 2. The fraction of sp³-hybridized carbons (Fsp3) is 0.417. The van der Waals surface area contributed by atoms with Crippen LogP contribution in [0.15, 0.2) is 12.1 Å². The second-order valence-electron chi connectivity index (χ2n) is 3.79. The first kappa shape index (κ1) is 13.5. The molecule has 2 rings (SSSR count). The third-order valence-corrected chi connectivity index (χ3v) is 3.74. The van der Waals surface area contributed by atoms with Gasteiger partial charge in [0.2, 0.25) is 11.9 Å². The Morgan fingerprint density at radius 1 is 1.16 bits per heavy atom. The fourth-order valence-corrected chi connectivity index (χ4v) is 2.41. The molecule has 19 heavy (non-hydrogen) atoms. The molecule has 0 spiro atoms. The molecule has 0 fully saturated rings. The van der Waals surface area contributed by atoms with Crippen LogP contribution in [0, 0.1) is 0 Å². The molecule has 2 aromatic rings. The summed E-state index contributed by atoms with van der Waals surface area (Å²) < 4.78 is 5.03. The van der Waals surface area contributed by atoms with E-state index in [9.17, 15) is 0 Å². The minimum Gasteiger partial charge on any atom is -0.467 e. The highest BCUT2D eigenvalue weighted by molar-refractivity contribution is 7.12. The summed E-state index contributed by atoms with van der Waals surface area (Å²) in [7, 11) is 3.29. The minimum absolute atomic E-state index is 0.294. The molecule has 2 heterocycles. The molecule has 0 radical (unpaired) electrons. The van der Waals surface area contributed by atoms with Crippen molar-refractivity contribution in [3.8, 4) is 6.01 Å². The molecule has 0 saturated heterocycles. The molecule has 0 saturated carbocycles. The SMILES string of the molecule is CCc1ccc(CNc2nc(NC)nc(OC)n2)s1. The first-order valence-electron chi connectivity index (χ1n) is 6.04. The molecule has 2 aromatic heterocycles. The smallest absolute Gasteiger partial charge is 0.322 e. The summed E-state index contributed by atoms with van der Waals surface area (Å²) in [6.07, 6.45) is 1.06. The molecule has 0 amide bonds. The van der Waals surface area contributed by atoms with Gasteiger partial charge in [0.15, 0.2) is 0 Å². The standard InChI is InChI=1S/C12H17N5OS/c1-4-8-5-6-9(19-8)7-14-11-15-10(13-2)16-12(17-11)18-3/h5-6H,4,7H2,1-3H3,(H2,13,14,15,16,17). The van der Waals surface area contributed by atoms with Crippen LogP contribution in [0.4, 0.5) is 11.9 Å². The van der Waals surface area contributed by atoms with Gasteiger partial charge in [0.25, 0.3) is 0 Å². The molecule has 0 unspecified atom stereocenters. The van der Waals surface area contributed by atoms with E-state index in [2.05, 4.69) is 44.6 Å². The summed E-state index contributed by atoms with van der Waals surface area (Å²) in [4.78, 5) is 15.1. The van der Waals surface area contributed by atoms with E-state index >= 15 is 0 Å². The Bertz CT molecular complexity index is 520. The Balaban J connectivity index is 2.05. The Kier molecular flexibility index (Phi) is 4.51. The summed E-state index contributed by atoms with van der Waals surface area (Å²) in [5.41, 5.74) is 0. The van der Waals surface area contributed by atoms with Crippen LogP contribution < -0.4 is 15.4 Å². The zero-order valence-corrected chi connectivity index (χ0v) is 12.0. The Morgan fingerprint density at radius 2 is 1.89 bits per heavy atom.